The Balaban J connectivity index is 2.84. The standard InChI is InChI=1S/C8H8N4O4/c1-10(2)5-3-4-6(11(13)14)8-7(5)9-16-12(8)15/h3-4H,1-2H3. The van der Waals surface area contributed by atoms with E-state index >= 15 is 0 Å². The number of fused-ring (bicyclic) bond motifs is 1. The van der Waals surface area contributed by atoms with Crippen molar-refractivity contribution in [2.24, 2.45) is 0 Å². The second-order valence-corrected chi connectivity index (χ2v) is 3.38. The van der Waals surface area contributed by atoms with Gasteiger partial charge >= 0.3 is 11.2 Å². The molecule has 1 aromatic carbocycles. The number of aromatic nitrogens is 2. The number of hydrogen-bond acceptors (Lipinski definition) is 6. The van der Waals surface area contributed by atoms with E-state index in [1.165, 1.54) is 12.1 Å². The molecule has 2 rings (SSSR count). The highest BCUT2D eigenvalue weighted by atomic mass is 16.8. The zero-order chi connectivity index (χ0) is 11.9. The molecule has 0 radical (unpaired) electrons. The molecule has 0 aliphatic carbocycles. The summed E-state index contributed by atoms with van der Waals surface area (Å²) in [6.07, 6.45) is 0. The first-order valence-corrected chi connectivity index (χ1v) is 4.36. The van der Waals surface area contributed by atoms with Crippen LogP contribution in [0.2, 0.25) is 0 Å². The van der Waals surface area contributed by atoms with E-state index in [1.54, 1.807) is 19.0 Å². The van der Waals surface area contributed by atoms with Gasteiger partial charge in [-0.2, -0.15) is 0 Å². The predicted octanol–water partition coefficient (Wildman–Crippen LogP) is 0.435. The molecule has 8 heteroatoms. The first kappa shape index (κ1) is 10.1. The van der Waals surface area contributed by atoms with Gasteiger partial charge in [0.1, 0.15) is 0 Å². The summed E-state index contributed by atoms with van der Waals surface area (Å²) in [5.41, 5.74) is 0.265. The molecule has 1 aromatic heterocycles. The number of nitro benzene ring substituents is 1. The van der Waals surface area contributed by atoms with E-state index < -0.39 is 4.92 Å². The Bertz CT molecular complexity index is 562. The van der Waals surface area contributed by atoms with E-state index in [1.807, 2.05) is 0 Å². The van der Waals surface area contributed by atoms with Crippen molar-refractivity contribution >= 4 is 22.4 Å². The van der Waals surface area contributed by atoms with Gasteiger partial charge < -0.3 is 10.1 Å². The fraction of sp³-hybridized carbons (Fsp3) is 0.250. The van der Waals surface area contributed by atoms with Gasteiger partial charge in [-0.3, -0.25) is 14.7 Å². The monoisotopic (exact) mass is 224 g/mol. The summed E-state index contributed by atoms with van der Waals surface area (Å²) in [5.74, 6) is 0. The molecule has 0 saturated heterocycles. The van der Waals surface area contributed by atoms with Crippen LogP contribution < -0.4 is 9.80 Å². The van der Waals surface area contributed by atoms with Gasteiger partial charge in [0.05, 0.1) is 10.6 Å². The molecule has 0 bridgehead atoms. The lowest BCUT2D eigenvalue weighted by atomic mass is 10.2. The van der Waals surface area contributed by atoms with E-state index in [2.05, 4.69) is 9.79 Å². The minimum atomic E-state index is -0.645. The number of hydrogen-bond donors (Lipinski definition) is 0. The largest absolute Gasteiger partial charge is 0.374 e. The average molecular weight is 224 g/mol. The summed E-state index contributed by atoms with van der Waals surface area (Å²) >= 11 is 0. The van der Waals surface area contributed by atoms with Gasteiger partial charge in [-0.1, -0.05) is 0 Å². The molecular weight excluding hydrogens is 216 g/mol. The molecule has 84 valence electrons. The van der Waals surface area contributed by atoms with Gasteiger partial charge in [-0.05, 0) is 11.0 Å². The van der Waals surface area contributed by atoms with E-state index in [0.717, 1.165) is 0 Å². The van der Waals surface area contributed by atoms with Gasteiger partial charge in [0, 0.05) is 25.3 Å². The maximum atomic E-state index is 11.2. The predicted molar refractivity (Wildman–Crippen MR) is 54.0 cm³/mol. The third-order valence-corrected chi connectivity index (χ3v) is 2.18. The summed E-state index contributed by atoms with van der Waals surface area (Å²) in [5, 5.41) is 25.5. The summed E-state index contributed by atoms with van der Waals surface area (Å²) in [6.45, 7) is 0. The Morgan fingerprint density at radius 3 is 2.75 bits per heavy atom. The van der Waals surface area contributed by atoms with Crippen molar-refractivity contribution in [1.82, 2.24) is 5.16 Å². The highest BCUT2D eigenvalue weighted by Gasteiger charge is 2.26. The van der Waals surface area contributed by atoms with Crippen molar-refractivity contribution in [3.05, 3.63) is 27.5 Å². The number of nitrogens with zero attached hydrogens (tertiary/aromatic N) is 4. The van der Waals surface area contributed by atoms with Crippen LogP contribution in [-0.2, 0) is 0 Å². The Morgan fingerprint density at radius 1 is 1.50 bits per heavy atom. The molecular formula is C8H8N4O4. The van der Waals surface area contributed by atoms with Crippen molar-refractivity contribution in [2.45, 2.75) is 0 Å². The first-order chi connectivity index (χ1) is 7.52. The number of rotatable bonds is 2. The maximum absolute atomic E-state index is 11.2. The summed E-state index contributed by atoms with van der Waals surface area (Å²) < 4.78 is 4.38. The number of non-ortho nitro benzene ring substituents is 1. The maximum Gasteiger partial charge on any atom is 0.324 e. The highest BCUT2D eigenvalue weighted by molar-refractivity contribution is 5.91. The van der Waals surface area contributed by atoms with Gasteiger partial charge in [0.2, 0.25) is 0 Å². The summed E-state index contributed by atoms with van der Waals surface area (Å²) in [7, 11) is 3.48. The van der Waals surface area contributed by atoms with Gasteiger partial charge in [-0.15, -0.1) is 0 Å². The molecule has 0 saturated carbocycles. The number of anilines is 1. The molecule has 8 nitrogen and oxygen atoms in total. The zero-order valence-corrected chi connectivity index (χ0v) is 8.58. The lowest BCUT2D eigenvalue weighted by Gasteiger charge is -2.09. The second-order valence-electron chi connectivity index (χ2n) is 3.38. The van der Waals surface area contributed by atoms with Crippen molar-refractivity contribution in [2.75, 3.05) is 19.0 Å². The molecule has 2 aromatic rings. The van der Waals surface area contributed by atoms with Crippen LogP contribution in [0, 0.1) is 15.3 Å². The molecule has 16 heavy (non-hydrogen) atoms. The third kappa shape index (κ3) is 1.31. The van der Waals surface area contributed by atoms with Crippen molar-refractivity contribution in [3.63, 3.8) is 0 Å². The Morgan fingerprint density at radius 2 is 2.19 bits per heavy atom. The smallest absolute Gasteiger partial charge is 0.324 e. The number of benzene rings is 1. The first-order valence-electron chi connectivity index (χ1n) is 4.36. The molecule has 0 fully saturated rings. The number of nitro groups is 1. The highest BCUT2D eigenvalue weighted by Crippen LogP contribution is 2.28. The Kier molecular flexibility index (Phi) is 2.11. The fourth-order valence-corrected chi connectivity index (χ4v) is 1.46. The van der Waals surface area contributed by atoms with Gasteiger partial charge in [0.15, 0.2) is 0 Å². The minimum absolute atomic E-state index is 0.0421. The fourth-order valence-electron chi connectivity index (χ4n) is 1.46. The Labute approximate surface area is 89.4 Å². The molecule has 1 heterocycles. The van der Waals surface area contributed by atoms with Crippen LogP contribution >= 0.6 is 0 Å². The molecule has 0 unspecified atom stereocenters. The van der Waals surface area contributed by atoms with E-state index in [9.17, 15) is 15.3 Å². The Hall–Kier alpha value is -2.38. The lowest BCUT2D eigenvalue weighted by Crippen LogP contribution is -2.23. The second kappa shape index (κ2) is 3.33. The molecule has 0 atom stereocenters. The summed E-state index contributed by atoms with van der Waals surface area (Å²) in [4.78, 5) is 11.8. The van der Waals surface area contributed by atoms with Crippen LogP contribution in [0.3, 0.4) is 0 Å². The van der Waals surface area contributed by atoms with Crippen molar-refractivity contribution in [3.8, 4) is 0 Å². The van der Waals surface area contributed by atoms with E-state index in [4.69, 9.17) is 0 Å². The van der Waals surface area contributed by atoms with Gasteiger partial charge in [-0.25, -0.2) is 0 Å². The van der Waals surface area contributed by atoms with Crippen molar-refractivity contribution < 1.29 is 14.5 Å². The average Bonchev–Trinajstić information content (AvgIpc) is 2.59. The summed E-state index contributed by atoms with van der Waals surface area (Å²) in [6, 6.07) is 2.77. The van der Waals surface area contributed by atoms with Crippen LogP contribution in [0.25, 0.3) is 11.0 Å². The third-order valence-electron chi connectivity index (χ3n) is 2.18. The topological polar surface area (TPSA) is 99.3 Å². The van der Waals surface area contributed by atoms with Crippen LogP contribution in [0.1, 0.15) is 0 Å². The molecule has 0 amide bonds. The molecule has 0 N–H and O–H groups in total. The van der Waals surface area contributed by atoms with Gasteiger partial charge in [0.25, 0.3) is 5.52 Å². The lowest BCUT2D eigenvalue weighted by molar-refractivity contribution is -0.783. The molecule has 0 aliphatic heterocycles. The van der Waals surface area contributed by atoms with Crippen LogP contribution in [0.4, 0.5) is 11.4 Å². The van der Waals surface area contributed by atoms with Crippen LogP contribution in [-0.4, -0.2) is 24.2 Å². The van der Waals surface area contributed by atoms with Crippen molar-refractivity contribution in [1.29, 1.82) is 0 Å². The van der Waals surface area contributed by atoms with E-state index in [0.29, 0.717) is 5.69 Å². The minimum Gasteiger partial charge on any atom is -0.374 e. The van der Waals surface area contributed by atoms with Crippen LogP contribution in [0.15, 0.2) is 16.8 Å². The van der Waals surface area contributed by atoms with Crippen LogP contribution in [0.5, 0.6) is 0 Å². The van der Waals surface area contributed by atoms with E-state index in [-0.39, 0.29) is 21.6 Å². The quantitative estimate of drug-likeness (QED) is 0.416. The molecule has 0 spiro atoms. The normalized spacial score (nSPS) is 10.6. The SMILES string of the molecule is CN(C)c1ccc([N+](=O)[O-])c2c1no[n+]2[O-]. The molecule has 0 aliphatic rings. The zero-order valence-electron chi connectivity index (χ0n) is 8.58.